The van der Waals surface area contributed by atoms with Crippen LogP contribution in [0.1, 0.15) is 11.7 Å². The zero-order valence-electron chi connectivity index (χ0n) is 9.04. The standard InChI is InChI=1S/C9H10N4O5/c10-12-11-4-8(15)9(16)5-1-2-7(14)6(3-5)13(17)18/h1-3,8-9,14-16H,4H2. The number of hydrogen-bond acceptors (Lipinski definition) is 6. The summed E-state index contributed by atoms with van der Waals surface area (Å²) in [6, 6.07) is 3.21. The molecule has 0 aliphatic heterocycles. The second kappa shape index (κ2) is 5.82. The average Bonchev–Trinajstić information content (AvgIpc) is 2.35. The van der Waals surface area contributed by atoms with Gasteiger partial charge in [0.05, 0.1) is 17.6 Å². The van der Waals surface area contributed by atoms with Gasteiger partial charge in [-0.15, -0.1) is 0 Å². The number of nitro groups is 1. The molecule has 1 aromatic carbocycles. The molecule has 0 aliphatic rings. The van der Waals surface area contributed by atoms with Crippen LogP contribution in [-0.4, -0.2) is 32.9 Å². The summed E-state index contributed by atoms with van der Waals surface area (Å²) >= 11 is 0. The van der Waals surface area contributed by atoms with E-state index >= 15 is 0 Å². The van der Waals surface area contributed by atoms with Gasteiger partial charge in [0, 0.05) is 11.0 Å². The normalized spacial score (nSPS) is 13.4. The Morgan fingerprint density at radius 3 is 2.72 bits per heavy atom. The molecule has 96 valence electrons. The number of aromatic hydroxyl groups is 1. The number of hydrogen-bond donors (Lipinski definition) is 3. The fourth-order valence-corrected chi connectivity index (χ4v) is 1.31. The first-order valence-corrected chi connectivity index (χ1v) is 4.81. The first-order chi connectivity index (χ1) is 8.47. The van der Waals surface area contributed by atoms with Crippen LogP contribution in [0.5, 0.6) is 5.75 Å². The third kappa shape index (κ3) is 3.08. The van der Waals surface area contributed by atoms with Gasteiger partial charge in [-0.3, -0.25) is 10.1 Å². The minimum atomic E-state index is -1.45. The predicted molar refractivity (Wildman–Crippen MR) is 59.7 cm³/mol. The van der Waals surface area contributed by atoms with E-state index in [1.54, 1.807) is 0 Å². The van der Waals surface area contributed by atoms with Crippen molar-refractivity contribution in [3.05, 3.63) is 44.3 Å². The number of phenols is 1. The van der Waals surface area contributed by atoms with Gasteiger partial charge in [-0.05, 0) is 17.2 Å². The Hall–Kier alpha value is -2.35. The highest BCUT2D eigenvalue weighted by Crippen LogP contribution is 2.29. The molecule has 0 aromatic heterocycles. The molecule has 2 atom stereocenters. The van der Waals surface area contributed by atoms with Gasteiger partial charge < -0.3 is 15.3 Å². The summed E-state index contributed by atoms with van der Waals surface area (Å²) in [5.41, 5.74) is 7.52. The molecule has 0 bridgehead atoms. The molecule has 9 heteroatoms. The summed E-state index contributed by atoms with van der Waals surface area (Å²) in [6.07, 6.45) is -2.83. The Morgan fingerprint density at radius 2 is 2.17 bits per heavy atom. The van der Waals surface area contributed by atoms with Crippen LogP contribution in [-0.2, 0) is 0 Å². The molecule has 0 radical (unpaired) electrons. The Labute approximate surface area is 101 Å². The van der Waals surface area contributed by atoms with E-state index in [0.717, 1.165) is 12.1 Å². The van der Waals surface area contributed by atoms with Crippen molar-refractivity contribution >= 4 is 5.69 Å². The maximum absolute atomic E-state index is 10.6. The summed E-state index contributed by atoms with van der Waals surface area (Å²) in [6.45, 7) is -0.369. The van der Waals surface area contributed by atoms with Crippen molar-refractivity contribution in [2.75, 3.05) is 6.54 Å². The third-order valence-corrected chi connectivity index (χ3v) is 2.23. The lowest BCUT2D eigenvalue weighted by molar-refractivity contribution is -0.386. The number of nitrogens with zero attached hydrogens (tertiary/aromatic N) is 4. The van der Waals surface area contributed by atoms with E-state index in [0.29, 0.717) is 0 Å². The van der Waals surface area contributed by atoms with Crippen molar-refractivity contribution < 1.29 is 20.2 Å². The summed E-state index contributed by atoms with van der Waals surface area (Å²) in [7, 11) is 0. The van der Waals surface area contributed by atoms with Gasteiger partial charge in [0.1, 0.15) is 6.10 Å². The Bertz CT molecular complexity index is 500. The Kier molecular flexibility index (Phi) is 4.44. The lowest BCUT2D eigenvalue weighted by Gasteiger charge is -2.16. The minimum absolute atomic E-state index is 0.0418. The maximum atomic E-state index is 10.6. The van der Waals surface area contributed by atoms with Crippen LogP contribution in [0, 0.1) is 10.1 Å². The van der Waals surface area contributed by atoms with Crippen LogP contribution < -0.4 is 0 Å². The summed E-state index contributed by atoms with van der Waals surface area (Å²) < 4.78 is 0. The number of aliphatic hydroxyl groups is 2. The molecular weight excluding hydrogens is 244 g/mol. The van der Waals surface area contributed by atoms with E-state index in [2.05, 4.69) is 10.0 Å². The van der Waals surface area contributed by atoms with E-state index in [1.165, 1.54) is 6.07 Å². The fourth-order valence-electron chi connectivity index (χ4n) is 1.31. The number of phenolic OH excluding ortho intramolecular Hbond substituents is 1. The zero-order valence-corrected chi connectivity index (χ0v) is 9.04. The molecule has 0 saturated heterocycles. The SMILES string of the molecule is [N-]=[N+]=NCC(O)C(O)c1ccc(O)c([N+](=O)[O-])c1. The smallest absolute Gasteiger partial charge is 0.311 e. The van der Waals surface area contributed by atoms with Crippen molar-refractivity contribution in [1.82, 2.24) is 0 Å². The van der Waals surface area contributed by atoms with Gasteiger partial charge in [0.15, 0.2) is 5.75 Å². The molecule has 2 unspecified atom stereocenters. The van der Waals surface area contributed by atoms with E-state index in [1.807, 2.05) is 0 Å². The second-order valence-corrected chi connectivity index (χ2v) is 3.43. The first kappa shape index (κ1) is 13.7. The van der Waals surface area contributed by atoms with E-state index in [-0.39, 0.29) is 12.1 Å². The van der Waals surface area contributed by atoms with Gasteiger partial charge in [-0.1, -0.05) is 11.2 Å². The van der Waals surface area contributed by atoms with Gasteiger partial charge in [0.25, 0.3) is 0 Å². The maximum Gasteiger partial charge on any atom is 0.311 e. The van der Waals surface area contributed by atoms with E-state index < -0.39 is 28.6 Å². The van der Waals surface area contributed by atoms with Gasteiger partial charge in [-0.2, -0.15) is 0 Å². The fraction of sp³-hybridized carbons (Fsp3) is 0.333. The number of aliphatic hydroxyl groups excluding tert-OH is 2. The number of nitro benzene ring substituents is 1. The summed E-state index contributed by atoms with van der Waals surface area (Å²) in [4.78, 5) is 12.2. The van der Waals surface area contributed by atoms with Crippen LogP contribution >= 0.6 is 0 Å². The highest BCUT2D eigenvalue weighted by Gasteiger charge is 2.22. The molecule has 0 heterocycles. The monoisotopic (exact) mass is 254 g/mol. The molecule has 0 amide bonds. The van der Waals surface area contributed by atoms with Crippen molar-refractivity contribution in [1.29, 1.82) is 0 Å². The average molecular weight is 254 g/mol. The number of rotatable bonds is 5. The molecule has 0 aliphatic carbocycles. The summed E-state index contributed by atoms with van der Waals surface area (Å²) in [5.74, 6) is -0.541. The number of benzene rings is 1. The molecule has 1 rings (SSSR count). The second-order valence-electron chi connectivity index (χ2n) is 3.43. The highest BCUT2D eigenvalue weighted by molar-refractivity contribution is 5.48. The minimum Gasteiger partial charge on any atom is -0.502 e. The largest absolute Gasteiger partial charge is 0.502 e. The molecule has 18 heavy (non-hydrogen) atoms. The zero-order chi connectivity index (χ0) is 13.7. The van der Waals surface area contributed by atoms with Crippen LogP contribution in [0.4, 0.5) is 5.69 Å². The van der Waals surface area contributed by atoms with Crippen LogP contribution in [0.2, 0.25) is 0 Å². The van der Waals surface area contributed by atoms with Gasteiger partial charge >= 0.3 is 5.69 Å². The quantitative estimate of drug-likeness (QED) is 0.235. The van der Waals surface area contributed by atoms with Crippen LogP contribution in [0.3, 0.4) is 0 Å². The highest BCUT2D eigenvalue weighted by atomic mass is 16.6. The van der Waals surface area contributed by atoms with Crippen molar-refractivity contribution in [3.8, 4) is 5.75 Å². The van der Waals surface area contributed by atoms with Crippen molar-refractivity contribution in [2.24, 2.45) is 5.11 Å². The predicted octanol–water partition coefficient (Wildman–Crippen LogP) is 1.00. The van der Waals surface area contributed by atoms with Crippen LogP contribution in [0.15, 0.2) is 23.3 Å². The molecule has 3 N–H and O–H groups in total. The van der Waals surface area contributed by atoms with Gasteiger partial charge in [-0.25, -0.2) is 0 Å². The Balaban J connectivity index is 2.99. The molecular formula is C9H10N4O5. The van der Waals surface area contributed by atoms with Crippen molar-refractivity contribution in [3.63, 3.8) is 0 Å². The van der Waals surface area contributed by atoms with Gasteiger partial charge in [0.2, 0.25) is 0 Å². The van der Waals surface area contributed by atoms with Crippen LogP contribution in [0.25, 0.3) is 10.4 Å². The molecule has 0 spiro atoms. The van der Waals surface area contributed by atoms with E-state index in [9.17, 15) is 25.4 Å². The molecule has 0 saturated carbocycles. The first-order valence-electron chi connectivity index (χ1n) is 4.81. The third-order valence-electron chi connectivity index (χ3n) is 2.23. The lowest BCUT2D eigenvalue weighted by Crippen LogP contribution is -2.21. The molecule has 1 aromatic rings. The van der Waals surface area contributed by atoms with E-state index in [4.69, 9.17) is 5.53 Å². The van der Waals surface area contributed by atoms with Crippen molar-refractivity contribution in [2.45, 2.75) is 12.2 Å². The topological polar surface area (TPSA) is 153 Å². The lowest BCUT2D eigenvalue weighted by atomic mass is 10.0. The summed E-state index contributed by atoms with van der Waals surface area (Å²) in [5, 5.41) is 42.0. The number of azide groups is 1. The molecule has 9 nitrogen and oxygen atoms in total. The molecule has 0 fully saturated rings. The Morgan fingerprint density at radius 1 is 1.50 bits per heavy atom.